The fourth-order valence-electron chi connectivity index (χ4n) is 2.37. The molecule has 0 aliphatic rings. The third kappa shape index (κ3) is 4.87. The van der Waals surface area contributed by atoms with Crippen LogP contribution in [0.5, 0.6) is 5.75 Å². The van der Waals surface area contributed by atoms with E-state index in [1.807, 2.05) is 12.1 Å². The number of aldehydes is 1. The molecule has 2 rings (SSSR count). The lowest BCUT2D eigenvalue weighted by Gasteiger charge is -2.21. The molecule has 23 heavy (non-hydrogen) atoms. The minimum absolute atomic E-state index is 0.0467. The molecule has 1 N–H and O–H groups in total. The molecule has 0 atom stereocenters. The Hall–Kier alpha value is -1.74. The molecule has 122 valence electrons. The number of thioether (sulfide) groups is 1. The van der Waals surface area contributed by atoms with Crippen LogP contribution in [-0.2, 0) is 17.6 Å². The fraction of sp³-hybridized carbons (Fsp3) is 0.350. The molecule has 2 aromatic rings. The van der Waals surface area contributed by atoms with Crippen molar-refractivity contribution in [2.24, 2.45) is 0 Å². The lowest BCUT2D eigenvalue weighted by Crippen LogP contribution is -2.12. The van der Waals surface area contributed by atoms with Crippen molar-refractivity contribution in [2.45, 2.75) is 38.4 Å². The summed E-state index contributed by atoms with van der Waals surface area (Å²) in [5.74, 6) is 1.82. The van der Waals surface area contributed by atoms with Crippen molar-refractivity contribution in [3.8, 4) is 5.75 Å². The van der Waals surface area contributed by atoms with Gasteiger partial charge in [0, 0.05) is 11.3 Å². The van der Waals surface area contributed by atoms with Crippen LogP contribution in [0.2, 0.25) is 0 Å². The van der Waals surface area contributed by atoms with Crippen LogP contribution in [-0.4, -0.2) is 17.1 Å². The summed E-state index contributed by atoms with van der Waals surface area (Å²) in [6, 6.07) is 14.2. The number of hydrogen-bond acceptors (Lipinski definition) is 3. The summed E-state index contributed by atoms with van der Waals surface area (Å²) < 4.78 is 0. The maximum absolute atomic E-state index is 11.2. The van der Waals surface area contributed by atoms with Gasteiger partial charge in [-0.25, -0.2) is 0 Å². The van der Waals surface area contributed by atoms with Gasteiger partial charge in [-0.1, -0.05) is 57.2 Å². The van der Waals surface area contributed by atoms with Gasteiger partial charge in [-0.2, -0.15) is 11.8 Å². The van der Waals surface area contributed by atoms with E-state index >= 15 is 0 Å². The summed E-state index contributed by atoms with van der Waals surface area (Å²) in [6.07, 6.45) is 1.74. The fourth-order valence-corrected chi connectivity index (χ4v) is 3.33. The third-order valence-corrected chi connectivity index (χ3v) is 4.85. The van der Waals surface area contributed by atoms with E-state index in [2.05, 4.69) is 45.0 Å². The van der Waals surface area contributed by atoms with Crippen LogP contribution in [0.25, 0.3) is 0 Å². The number of hydrogen-bond donors (Lipinski definition) is 1. The maximum Gasteiger partial charge on any atom is 0.153 e. The second-order valence-electron chi connectivity index (χ2n) is 6.73. The van der Waals surface area contributed by atoms with E-state index in [0.29, 0.717) is 11.3 Å². The zero-order chi connectivity index (χ0) is 16.9. The third-order valence-electron chi connectivity index (χ3n) is 3.85. The zero-order valence-corrected chi connectivity index (χ0v) is 14.8. The van der Waals surface area contributed by atoms with Crippen LogP contribution < -0.4 is 0 Å². The quantitative estimate of drug-likeness (QED) is 0.600. The molecule has 3 heteroatoms. The molecule has 0 unspecified atom stereocenters. The first-order chi connectivity index (χ1) is 10.9. The van der Waals surface area contributed by atoms with Gasteiger partial charge < -0.3 is 5.11 Å². The lowest BCUT2D eigenvalue weighted by molar-refractivity contribution is 0.112. The molecule has 0 aliphatic heterocycles. The summed E-state index contributed by atoms with van der Waals surface area (Å²) in [5, 5.41) is 10.3. The summed E-state index contributed by atoms with van der Waals surface area (Å²) >= 11 is 1.78. The first kappa shape index (κ1) is 17.6. The van der Waals surface area contributed by atoms with Gasteiger partial charge in [-0.3, -0.25) is 4.79 Å². The highest BCUT2D eigenvalue weighted by molar-refractivity contribution is 7.98. The van der Waals surface area contributed by atoms with Crippen molar-refractivity contribution in [2.75, 3.05) is 5.75 Å². The van der Waals surface area contributed by atoms with Crippen molar-refractivity contribution in [3.63, 3.8) is 0 Å². The van der Waals surface area contributed by atoms with Crippen molar-refractivity contribution < 1.29 is 9.90 Å². The predicted octanol–water partition coefficient (Wildman–Crippen LogP) is 4.98. The van der Waals surface area contributed by atoms with Gasteiger partial charge in [0.15, 0.2) is 6.29 Å². The Morgan fingerprint density at radius 2 is 1.83 bits per heavy atom. The number of carbonyl (C=O) groups is 1. The van der Waals surface area contributed by atoms with Crippen LogP contribution in [0.1, 0.15) is 47.8 Å². The number of aromatic hydroxyl groups is 1. The Morgan fingerprint density at radius 1 is 1.13 bits per heavy atom. The highest BCUT2D eigenvalue weighted by Crippen LogP contribution is 2.32. The summed E-state index contributed by atoms with van der Waals surface area (Å²) in [7, 11) is 0. The summed E-state index contributed by atoms with van der Waals surface area (Å²) in [5.41, 5.74) is 3.58. The number of benzene rings is 2. The van der Waals surface area contributed by atoms with Crippen LogP contribution in [0.15, 0.2) is 42.5 Å². The molecule has 0 heterocycles. The monoisotopic (exact) mass is 328 g/mol. The van der Waals surface area contributed by atoms with E-state index < -0.39 is 0 Å². The van der Waals surface area contributed by atoms with E-state index in [1.165, 1.54) is 5.56 Å². The largest absolute Gasteiger partial charge is 0.507 e. The smallest absolute Gasteiger partial charge is 0.153 e. The van der Waals surface area contributed by atoms with Crippen molar-refractivity contribution in [1.29, 1.82) is 0 Å². The number of rotatable bonds is 6. The van der Waals surface area contributed by atoms with E-state index in [9.17, 15) is 9.90 Å². The van der Waals surface area contributed by atoms with Gasteiger partial charge in [-0.05, 0) is 34.8 Å². The minimum atomic E-state index is -0.0467. The van der Waals surface area contributed by atoms with E-state index in [1.54, 1.807) is 17.8 Å². The lowest BCUT2D eigenvalue weighted by atomic mass is 9.85. The average Bonchev–Trinajstić information content (AvgIpc) is 2.52. The van der Waals surface area contributed by atoms with E-state index in [-0.39, 0.29) is 11.2 Å². The van der Waals surface area contributed by atoms with Crippen LogP contribution in [0.3, 0.4) is 0 Å². The summed E-state index contributed by atoms with van der Waals surface area (Å²) in [4.78, 5) is 11.2. The minimum Gasteiger partial charge on any atom is -0.507 e. The van der Waals surface area contributed by atoms with Crippen molar-refractivity contribution in [3.05, 3.63) is 64.7 Å². The topological polar surface area (TPSA) is 37.3 Å². The molecule has 2 aromatic carbocycles. The molecule has 0 saturated heterocycles. The van der Waals surface area contributed by atoms with E-state index in [4.69, 9.17) is 0 Å². The maximum atomic E-state index is 11.2. The Kier molecular flexibility index (Phi) is 5.89. The first-order valence-electron chi connectivity index (χ1n) is 7.85. The highest BCUT2D eigenvalue weighted by Gasteiger charge is 2.18. The SMILES string of the molecule is CC(C)(C)c1cc(C=O)c(O)c(CSCCc2ccccc2)c1. The van der Waals surface area contributed by atoms with Crippen LogP contribution >= 0.6 is 11.8 Å². The normalized spacial score (nSPS) is 11.4. The number of phenols is 1. The van der Waals surface area contributed by atoms with Crippen LogP contribution in [0, 0.1) is 0 Å². The summed E-state index contributed by atoms with van der Waals surface area (Å²) in [6.45, 7) is 6.33. The average molecular weight is 328 g/mol. The Bertz CT molecular complexity index is 657. The standard InChI is InChI=1S/C20H24O2S/c1-20(2,3)18-11-16(13-21)19(22)17(12-18)14-23-10-9-15-7-5-4-6-8-15/h4-8,11-13,22H,9-10,14H2,1-3H3. The van der Waals surface area contributed by atoms with Crippen molar-refractivity contribution in [1.82, 2.24) is 0 Å². The van der Waals surface area contributed by atoms with Gasteiger partial charge >= 0.3 is 0 Å². The molecule has 0 radical (unpaired) electrons. The Labute approximate surface area is 142 Å². The van der Waals surface area contributed by atoms with Gasteiger partial charge in [0.1, 0.15) is 5.75 Å². The molecule has 0 amide bonds. The van der Waals surface area contributed by atoms with Gasteiger partial charge in [0.2, 0.25) is 0 Å². The van der Waals surface area contributed by atoms with Crippen LogP contribution in [0.4, 0.5) is 0 Å². The molecule has 0 aromatic heterocycles. The second-order valence-corrected chi connectivity index (χ2v) is 7.83. The molecular formula is C20H24O2S. The molecule has 0 spiro atoms. The first-order valence-corrected chi connectivity index (χ1v) is 9.00. The number of aryl methyl sites for hydroxylation is 1. The zero-order valence-electron chi connectivity index (χ0n) is 14.0. The van der Waals surface area contributed by atoms with E-state index in [0.717, 1.165) is 29.6 Å². The Morgan fingerprint density at radius 3 is 2.43 bits per heavy atom. The molecule has 0 aliphatic carbocycles. The molecule has 0 saturated carbocycles. The molecule has 0 bridgehead atoms. The van der Waals surface area contributed by atoms with Gasteiger partial charge in [0.05, 0.1) is 5.56 Å². The predicted molar refractivity (Wildman–Crippen MR) is 98.5 cm³/mol. The van der Waals surface area contributed by atoms with Gasteiger partial charge in [0.25, 0.3) is 0 Å². The molecule has 2 nitrogen and oxygen atoms in total. The molecular weight excluding hydrogens is 304 g/mol. The van der Waals surface area contributed by atoms with Gasteiger partial charge in [-0.15, -0.1) is 0 Å². The Balaban J connectivity index is 2.05. The molecule has 0 fully saturated rings. The highest BCUT2D eigenvalue weighted by atomic mass is 32.2. The number of phenolic OH excluding ortho intramolecular Hbond substituents is 1. The van der Waals surface area contributed by atoms with Crippen molar-refractivity contribution >= 4 is 18.0 Å². The second kappa shape index (κ2) is 7.69. The number of carbonyl (C=O) groups excluding carboxylic acids is 1.